The van der Waals surface area contributed by atoms with Gasteiger partial charge in [-0.1, -0.05) is 30.3 Å². The van der Waals surface area contributed by atoms with Crippen LogP contribution < -0.4 is 20.9 Å². The maximum atomic E-state index is 14.4. The monoisotopic (exact) mass is 639 g/mol. The molecule has 0 saturated carbocycles. The minimum atomic E-state index is -4.73. The van der Waals surface area contributed by atoms with Gasteiger partial charge in [-0.05, 0) is 50.4 Å². The molecule has 10 nitrogen and oxygen atoms in total. The van der Waals surface area contributed by atoms with Crippen molar-refractivity contribution in [3.8, 4) is 11.8 Å². The van der Waals surface area contributed by atoms with Crippen LogP contribution in [0, 0.1) is 17.2 Å². The predicted octanol–water partition coefficient (Wildman–Crippen LogP) is 4.32. The fraction of sp³-hybridized carbons (Fsp3) is 0.258. The number of fused-ring (bicyclic) bond motifs is 2. The van der Waals surface area contributed by atoms with Crippen molar-refractivity contribution in [3.05, 3.63) is 83.6 Å². The summed E-state index contributed by atoms with van der Waals surface area (Å²) in [4.78, 5) is 42.3. The lowest BCUT2D eigenvalue weighted by Gasteiger charge is -2.36. The molecule has 3 amide bonds. The zero-order valence-corrected chi connectivity index (χ0v) is 25.2. The van der Waals surface area contributed by atoms with E-state index in [0.29, 0.717) is 27.8 Å². The Hall–Kier alpha value is -4.93. The van der Waals surface area contributed by atoms with Gasteiger partial charge in [0.15, 0.2) is 0 Å². The third-order valence-electron chi connectivity index (χ3n) is 8.15. The fourth-order valence-corrected chi connectivity index (χ4v) is 5.50. The number of aromatic nitrogens is 2. The number of benzene rings is 3. The Balaban J connectivity index is 0.00000461. The van der Waals surface area contributed by atoms with E-state index >= 15 is 0 Å². The second kappa shape index (κ2) is 12.2. The van der Waals surface area contributed by atoms with E-state index in [0.717, 1.165) is 23.1 Å². The molecule has 1 aliphatic heterocycles. The van der Waals surface area contributed by atoms with Crippen molar-refractivity contribution in [1.29, 1.82) is 5.26 Å². The smallest absolute Gasteiger partial charge is 0.368 e. The molecule has 0 fully saturated rings. The highest BCUT2D eigenvalue weighted by Crippen LogP contribution is 2.42. The van der Waals surface area contributed by atoms with Crippen LogP contribution in [0.3, 0.4) is 0 Å². The van der Waals surface area contributed by atoms with Gasteiger partial charge in [0.25, 0.3) is 0 Å². The van der Waals surface area contributed by atoms with Gasteiger partial charge in [0.1, 0.15) is 11.6 Å². The molecule has 3 N–H and O–H groups in total. The summed E-state index contributed by atoms with van der Waals surface area (Å²) in [6, 6.07) is 18.9. The summed E-state index contributed by atoms with van der Waals surface area (Å²) < 4.78 is 43.1. The van der Waals surface area contributed by atoms with E-state index in [1.807, 2.05) is 0 Å². The van der Waals surface area contributed by atoms with Gasteiger partial charge in [0.2, 0.25) is 17.7 Å². The second-order valence-corrected chi connectivity index (χ2v) is 10.6. The number of carbonyl (C=O) groups is 3. The number of hydrogen-bond acceptors (Lipinski definition) is 6. The largest absolute Gasteiger partial charge is 0.416 e. The number of nitrogens with zero attached hydrogens (tertiary/aromatic N) is 5. The number of likely N-dealkylation sites (N-methyl/N-ethyl adjacent to an activating group) is 1. The molecule has 0 saturated heterocycles. The van der Waals surface area contributed by atoms with Crippen LogP contribution >= 0.6 is 12.4 Å². The van der Waals surface area contributed by atoms with Crippen molar-refractivity contribution in [2.45, 2.75) is 32.1 Å². The van der Waals surface area contributed by atoms with Crippen LogP contribution in [0.25, 0.3) is 16.6 Å². The zero-order valence-electron chi connectivity index (χ0n) is 24.4. The summed E-state index contributed by atoms with van der Waals surface area (Å²) in [6.07, 6.45) is -4.73. The number of halogens is 4. The summed E-state index contributed by atoms with van der Waals surface area (Å²) in [6.45, 7) is 1.93. The number of rotatable bonds is 6. The second-order valence-electron chi connectivity index (χ2n) is 10.6. The minimum Gasteiger partial charge on any atom is -0.368 e. The summed E-state index contributed by atoms with van der Waals surface area (Å²) >= 11 is 0. The van der Waals surface area contributed by atoms with E-state index in [1.165, 1.54) is 25.8 Å². The first kappa shape index (κ1) is 33.0. The molecule has 1 aliphatic rings. The quantitative estimate of drug-likeness (QED) is 0.322. The first-order chi connectivity index (χ1) is 20.8. The predicted molar refractivity (Wildman–Crippen MR) is 164 cm³/mol. The summed E-state index contributed by atoms with van der Waals surface area (Å²) in [5.74, 6) is -3.45. The Morgan fingerprint density at radius 2 is 1.73 bits per heavy atom. The molecule has 1 aromatic heterocycles. The number of para-hydroxylation sites is 2. The molecule has 4 aromatic rings. The third-order valence-corrected chi connectivity index (χ3v) is 8.15. The van der Waals surface area contributed by atoms with Gasteiger partial charge < -0.3 is 20.9 Å². The number of nitrogens with one attached hydrogen (secondary N) is 1. The number of anilines is 2. The van der Waals surface area contributed by atoms with Crippen molar-refractivity contribution >= 4 is 52.4 Å². The van der Waals surface area contributed by atoms with Crippen molar-refractivity contribution in [1.82, 2.24) is 15.1 Å². The Kier molecular flexibility index (Phi) is 8.95. The van der Waals surface area contributed by atoms with E-state index < -0.39 is 47.5 Å². The standard InChI is InChI=1S/C31H28F3N7O3.ClH/c1-18(42)39-16-22(30(2,37-3)29(36)44)28(43)40(26-13-12-20(14-27(26)39)31(32,33)34)17-23-21-9-5-7-11-25(21)41(38-23)24-10-6-4-8-19(24)15-35;/h4-14,22,37H,16-17H2,1-3H3,(H2,36,44);1H/t22-,30?;/m1./s1. The molecule has 0 radical (unpaired) electrons. The Morgan fingerprint density at radius 1 is 1.07 bits per heavy atom. The minimum absolute atomic E-state index is 0. The van der Waals surface area contributed by atoms with Crippen molar-refractivity contribution in [3.63, 3.8) is 0 Å². The molecule has 2 atom stereocenters. The summed E-state index contributed by atoms with van der Waals surface area (Å²) in [5.41, 5.74) is 4.76. The van der Waals surface area contributed by atoms with Crippen LogP contribution in [0.15, 0.2) is 66.7 Å². The first-order valence-corrected chi connectivity index (χ1v) is 13.6. The molecule has 0 spiro atoms. The van der Waals surface area contributed by atoms with Crippen molar-refractivity contribution in [2.24, 2.45) is 11.7 Å². The highest BCUT2D eigenvalue weighted by molar-refractivity contribution is 6.08. The number of nitrogens with two attached hydrogens (primary N) is 1. The Labute approximate surface area is 262 Å². The Bertz CT molecular complexity index is 1850. The van der Waals surface area contributed by atoms with Gasteiger partial charge in [-0.2, -0.15) is 23.5 Å². The molecule has 3 aromatic carbocycles. The normalized spacial score (nSPS) is 16.3. The summed E-state index contributed by atoms with van der Waals surface area (Å²) in [7, 11) is 1.43. The summed E-state index contributed by atoms with van der Waals surface area (Å²) in [5, 5.41) is 17.9. The van der Waals surface area contributed by atoms with Gasteiger partial charge in [-0.25, -0.2) is 4.68 Å². The zero-order chi connectivity index (χ0) is 32.0. The number of hydrogen-bond donors (Lipinski definition) is 2. The highest BCUT2D eigenvalue weighted by atomic mass is 35.5. The molecule has 14 heteroatoms. The molecule has 1 unspecified atom stereocenters. The van der Waals surface area contributed by atoms with Crippen LogP contribution in [0.2, 0.25) is 0 Å². The van der Waals surface area contributed by atoms with Crippen LogP contribution in [0.5, 0.6) is 0 Å². The number of primary amides is 1. The van der Waals surface area contributed by atoms with Gasteiger partial charge in [-0.15, -0.1) is 12.4 Å². The number of alkyl halides is 3. The lowest BCUT2D eigenvalue weighted by Crippen LogP contribution is -2.63. The molecule has 5 rings (SSSR count). The average Bonchev–Trinajstić information content (AvgIpc) is 3.30. The molecule has 45 heavy (non-hydrogen) atoms. The van der Waals surface area contributed by atoms with Gasteiger partial charge in [0, 0.05) is 18.9 Å². The molecule has 2 heterocycles. The average molecular weight is 640 g/mol. The van der Waals surface area contributed by atoms with Crippen LogP contribution in [-0.2, 0) is 27.1 Å². The van der Waals surface area contributed by atoms with Crippen LogP contribution in [-0.4, -0.2) is 46.6 Å². The van der Waals surface area contributed by atoms with E-state index in [-0.39, 0.29) is 30.3 Å². The highest BCUT2D eigenvalue weighted by Gasteiger charge is 2.49. The van der Waals surface area contributed by atoms with Crippen LogP contribution in [0.4, 0.5) is 24.5 Å². The van der Waals surface area contributed by atoms with Crippen molar-refractivity contribution < 1.29 is 27.6 Å². The Morgan fingerprint density at radius 3 is 2.36 bits per heavy atom. The topological polar surface area (TPSA) is 137 Å². The van der Waals surface area contributed by atoms with E-state index in [2.05, 4.69) is 11.4 Å². The fourth-order valence-electron chi connectivity index (χ4n) is 5.50. The lowest BCUT2D eigenvalue weighted by molar-refractivity contribution is -0.137. The molecule has 0 aliphatic carbocycles. The molecule has 234 valence electrons. The number of amides is 3. The SMILES string of the molecule is CNC(C)(C(N)=O)[C@@H]1CN(C(C)=O)c2cc(C(F)(F)F)ccc2N(Cc2nn(-c3ccccc3C#N)c3ccccc23)C1=O.Cl. The van der Waals surface area contributed by atoms with Gasteiger partial charge in [-0.3, -0.25) is 14.4 Å². The maximum Gasteiger partial charge on any atom is 0.416 e. The number of nitriles is 1. The van der Waals surface area contributed by atoms with E-state index in [9.17, 15) is 32.8 Å². The first-order valence-electron chi connectivity index (χ1n) is 13.6. The lowest BCUT2D eigenvalue weighted by atomic mass is 9.83. The molecular weight excluding hydrogens is 611 g/mol. The number of carbonyl (C=O) groups excluding carboxylic acids is 3. The third kappa shape index (κ3) is 5.70. The van der Waals surface area contributed by atoms with Gasteiger partial charge in [0.05, 0.1) is 51.9 Å². The van der Waals surface area contributed by atoms with E-state index in [1.54, 1.807) is 53.2 Å². The van der Waals surface area contributed by atoms with Crippen molar-refractivity contribution in [2.75, 3.05) is 23.4 Å². The van der Waals surface area contributed by atoms with Crippen LogP contribution in [0.1, 0.15) is 30.7 Å². The van der Waals surface area contributed by atoms with E-state index in [4.69, 9.17) is 10.8 Å². The maximum absolute atomic E-state index is 14.4. The van der Waals surface area contributed by atoms with Gasteiger partial charge >= 0.3 is 6.18 Å². The molecular formula is C31H29ClF3N7O3. The molecule has 0 bridgehead atoms.